The van der Waals surface area contributed by atoms with Crippen LogP contribution >= 0.6 is 0 Å². The summed E-state index contributed by atoms with van der Waals surface area (Å²) < 4.78 is 5.25. The van der Waals surface area contributed by atoms with Crippen molar-refractivity contribution in [2.24, 2.45) is 5.10 Å². The summed E-state index contributed by atoms with van der Waals surface area (Å²) in [6, 6.07) is 6.15. The van der Waals surface area contributed by atoms with Crippen molar-refractivity contribution in [2.75, 3.05) is 32.8 Å². The number of hydrogen-bond donors (Lipinski definition) is 1. The van der Waals surface area contributed by atoms with Gasteiger partial charge in [-0.2, -0.15) is 5.10 Å². The molecule has 0 aromatic heterocycles. The topological polar surface area (TPSA) is 97.1 Å². The lowest BCUT2D eigenvalue weighted by atomic mass is 10.1. The molecule has 1 heterocycles. The fraction of sp³-hybridized carbons (Fsp3) is 0.467. The van der Waals surface area contributed by atoms with Crippen LogP contribution in [0, 0.1) is 10.1 Å². The number of morpholine rings is 1. The molecule has 0 bridgehead atoms. The van der Waals surface area contributed by atoms with Gasteiger partial charge in [0.1, 0.15) is 0 Å². The molecule has 1 fully saturated rings. The zero-order chi connectivity index (χ0) is 16.7. The summed E-state index contributed by atoms with van der Waals surface area (Å²) in [4.78, 5) is 24.3. The van der Waals surface area contributed by atoms with E-state index in [4.69, 9.17) is 4.74 Å². The average Bonchev–Trinajstić information content (AvgIpc) is 2.58. The van der Waals surface area contributed by atoms with Gasteiger partial charge in [0, 0.05) is 43.8 Å². The fourth-order valence-corrected chi connectivity index (χ4v) is 2.20. The van der Waals surface area contributed by atoms with Crippen molar-refractivity contribution < 1.29 is 14.5 Å². The number of nitro groups is 1. The summed E-state index contributed by atoms with van der Waals surface area (Å²) in [5, 5.41) is 14.8. The van der Waals surface area contributed by atoms with Gasteiger partial charge < -0.3 is 4.74 Å². The molecule has 23 heavy (non-hydrogen) atoms. The molecule has 1 saturated heterocycles. The van der Waals surface area contributed by atoms with Crippen LogP contribution < -0.4 is 5.43 Å². The molecule has 8 heteroatoms. The Morgan fingerprint density at radius 3 is 2.87 bits per heavy atom. The largest absolute Gasteiger partial charge is 0.379 e. The summed E-state index contributed by atoms with van der Waals surface area (Å²) in [5.41, 5.74) is 3.61. The van der Waals surface area contributed by atoms with Crippen LogP contribution in [0.25, 0.3) is 0 Å². The molecule has 0 unspecified atom stereocenters. The van der Waals surface area contributed by atoms with E-state index in [1.54, 1.807) is 19.1 Å². The predicted molar refractivity (Wildman–Crippen MR) is 85.3 cm³/mol. The number of hydrazone groups is 1. The molecule has 0 radical (unpaired) electrons. The smallest absolute Gasteiger partial charge is 0.270 e. The molecule has 0 spiro atoms. The van der Waals surface area contributed by atoms with E-state index < -0.39 is 4.92 Å². The van der Waals surface area contributed by atoms with E-state index in [2.05, 4.69) is 15.4 Å². The maximum Gasteiger partial charge on any atom is 0.270 e. The minimum Gasteiger partial charge on any atom is -0.379 e. The maximum absolute atomic E-state index is 11.8. The molecule has 1 aromatic carbocycles. The number of hydrogen-bond acceptors (Lipinski definition) is 6. The van der Waals surface area contributed by atoms with Crippen molar-refractivity contribution in [2.45, 2.75) is 13.3 Å². The van der Waals surface area contributed by atoms with Crippen LogP contribution in [0.4, 0.5) is 5.69 Å². The minimum atomic E-state index is -0.461. The number of nitro benzene ring substituents is 1. The number of benzene rings is 1. The molecule has 8 nitrogen and oxygen atoms in total. The van der Waals surface area contributed by atoms with Crippen LogP contribution in [0.1, 0.15) is 18.9 Å². The molecular weight excluding hydrogens is 300 g/mol. The molecule has 1 N–H and O–H groups in total. The zero-order valence-corrected chi connectivity index (χ0v) is 13.0. The van der Waals surface area contributed by atoms with Gasteiger partial charge in [-0.3, -0.25) is 19.8 Å². The van der Waals surface area contributed by atoms with E-state index in [0.29, 0.717) is 37.5 Å². The maximum atomic E-state index is 11.8. The van der Waals surface area contributed by atoms with Crippen molar-refractivity contribution in [1.29, 1.82) is 0 Å². The molecule has 2 rings (SSSR count). The molecular formula is C15H20N4O4. The fourth-order valence-electron chi connectivity index (χ4n) is 2.20. The zero-order valence-electron chi connectivity index (χ0n) is 13.0. The van der Waals surface area contributed by atoms with E-state index in [0.717, 1.165) is 13.1 Å². The highest BCUT2D eigenvalue weighted by Crippen LogP contribution is 2.13. The third kappa shape index (κ3) is 5.42. The summed E-state index contributed by atoms with van der Waals surface area (Å²) in [6.07, 6.45) is 0.353. The molecule has 1 aromatic rings. The number of rotatable bonds is 6. The average molecular weight is 320 g/mol. The third-order valence-electron chi connectivity index (χ3n) is 3.58. The third-order valence-corrected chi connectivity index (χ3v) is 3.58. The Bertz CT molecular complexity index is 597. The second kappa shape index (κ2) is 8.35. The highest BCUT2D eigenvalue weighted by Gasteiger charge is 2.12. The second-order valence-corrected chi connectivity index (χ2v) is 5.24. The molecule has 1 amide bonds. The SMILES string of the molecule is C/C(=N/NC(=O)CCN1CCOCC1)c1cccc([N+](=O)[O-])c1. The van der Waals surface area contributed by atoms with Crippen LogP contribution in [-0.4, -0.2) is 54.3 Å². The first-order chi connectivity index (χ1) is 11.1. The van der Waals surface area contributed by atoms with Gasteiger partial charge >= 0.3 is 0 Å². The van der Waals surface area contributed by atoms with E-state index in [9.17, 15) is 14.9 Å². The first kappa shape index (κ1) is 17.0. The molecule has 0 atom stereocenters. The van der Waals surface area contributed by atoms with Crippen molar-refractivity contribution in [3.63, 3.8) is 0 Å². The second-order valence-electron chi connectivity index (χ2n) is 5.24. The van der Waals surface area contributed by atoms with Crippen molar-refractivity contribution >= 4 is 17.3 Å². The van der Waals surface area contributed by atoms with Crippen LogP contribution in [-0.2, 0) is 9.53 Å². The number of ether oxygens (including phenoxy) is 1. The summed E-state index contributed by atoms with van der Waals surface area (Å²) in [6.45, 7) is 5.44. The molecule has 1 aliphatic heterocycles. The summed E-state index contributed by atoms with van der Waals surface area (Å²) >= 11 is 0. The van der Waals surface area contributed by atoms with Gasteiger partial charge in [0.2, 0.25) is 5.91 Å². The van der Waals surface area contributed by atoms with Gasteiger partial charge in [-0.25, -0.2) is 5.43 Å². The van der Waals surface area contributed by atoms with Crippen molar-refractivity contribution in [1.82, 2.24) is 10.3 Å². The minimum absolute atomic E-state index is 0.00399. The summed E-state index contributed by atoms with van der Waals surface area (Å²) in [5.74, 6) is -0.179. The van der Waals surface area contributed by atoms with Crippen LogP contribution in [0.15, 0.2) is 29.4 Å². The number of non-ortho nitro benzene ring substituents is 1. The Hall–Kier alpha value is -2.32. The number of carbonyl (C=O) groups excluding carboxylic acids is 1. The van der Waals surface area contributed by atoms with Crippen LogP contribution in [0.3, 0.4) is 0 Å². The van der Waals surface area contributed by atoms with Gasteiger partial charge in [-0.05, 0) is 6.92 Å². The van der Waals surface area contributed by atoms with Crippen LogP contribution in [0.5, 0.6) is 0 Å². The van der Waals surface area contributed by atoms with Crippen LogP contribution in [0.2, 0.25) is 0 Å². The Balaban J connectivity index is 1.84. The Labute approximate surface area is 134 Å². The summed E-state index contributed by atoms with van der Waals surface area (Å²) in [7, 11) is 0. The first-order valence-corrected chi connectivity index (χ1v) is 7.44. The molecule has 0 saturated carbocycles. The molecule has 0 aliphatic carbocycles. The quantitative estimate of drug-likeness (QED) is 0.482. The molecule has 124 valence electrons. The Kier molecular flexibility index (Phi) is 6.19. The van der Waals surface area contributed by atoms with Gasteiger partial charge in [-0.15, -0.1) is 0 Å². The lowest BCUT2D eigenvalue weighted by molar-refractivity contribution is -0.384. The lowest BCUT2D eigenvalue weighted by Crippen LogP contribution is -2.38. The number of nitrogens with zero attached hydrogens (tertiary/aromatic N) is 3. The van der Waals surface area contributed by atoms with Gasteiger partial charge in [-0.1, -0.05) is 12.1 Å². The van der Waals surface area contributed by atoms with E-state index in [1.165, 1.54) is 12.1 Å². The van der Waals surface area contributed by atoms with Gasteiger partial charge in [0.25, 0.3) is 5.69 Å². The van der Waals surface area contributed by atoms with Crippen molar-refractivity contribution in [3.05, 3.63) is 39.9 Å². The van der Waals surface area contributed by atoms with Crippen molar-refractivity contribution in [3.8, 4) is 0 Å². The van der Waals surface area contributed by atoms with E-state index >= 15 is 0 Å². The Morgan fingerprint density at radius 1 is 1.43 bits per heavy atom. The number of nitrogens with one attached hydrogen (secondary N) is 1. The standard InChI is InChI=1S/C15H20N4O4/c1-12(13-3-2-4-14(11-13)19(21)22)16-17-15(20)5-6-18-7-9-23-10-8-18/h2-4,11H,5-10H2,1H3,(H,17,20)/b16-12-. The Morgan fingerprint density at radius 2 is 2.17 bits per heavy atom. The predicted octanol–water partition coefficient (Wildman–Crippen LogP) is 1.16. The molecule has 1 aliphatic rings. The van der Waals surface area contributed by atoms with E-state index in [1.807, 2.05) is 0 Å². The van der Waals surface area contributed by atoms with Gasteiger partial charge in [0.05, 0.1) is 23.8 Å². The number of amides is 1. The number of carbonyl (C=O) groups is 1. The lowest BCUT2D eigenvalue weighted by Gasteiger charge is -2.25. The highest BCUT2D eigenvalue weighted by atomic mass is 16.6. The first-order valence-electron chi connectivity index (χ1n) is 7.44. The normalized spacial score (nSPS) is 16.1. The van der Waals surface area contributed by atoms with E-state index in [-0.39, 0.29) is 11.6 Å². The highest BCUT2D eigenvalue weighted by molar-refractivity contribution is 5.99. The van der Waals surface area contributed by atoms with Gasteiger partial charge in [0.15, 0.2) is 0 Å². The monoisotopic (exact) mass is 320 g/mol.